The van der Waals surface area contributed by atoms with E-state index in [-0.39, 0.29) is 12.4 Å². The van der Waals surface area contributed by atoms with Gasteiger partial charge in [0.25, 0.3) is 0 Å². The van der Waals surface area contributed by atoms with Crippen LogP contribution in [0.4, 0.5) is 4.39 Å². The quantitative estimate of drug-likeness (QED) is 0.607. The van der Waals surface area contributed by atoms with Crippen LogP contribution in [-0.2, 0) is 0 Å². The first-order valence-corrected chi connectivity index (χ1v) is 4.28. The van der Waals surface area contributed by atoms with Gasteiger partial charge in [0.05, 0.1) is 0 Å². The van der Waals surface area contributed by atoms with Crippen LogP contribution in [0.25, 0.3) is 0 Å². The van der Waals surface area contributed by atoms with Crippen LogP contribution >= 0.6 is 24.2 Å². The Bertz CT molecular complexity index is 129. The van der Waals surface area contributed by atoms with Gasteiger partial charge in [-0.05, 0) is 6.42 Å². The van der Waals surface area contributed by atoms with E-state index in [9.17, 15) is 4.39 Å². The normalized spacial score (nSPS) is 35.1. The molecule has 0 aliphatic carbocycles. The largest absolute Gasteiger partial charge is 0.314 e. The van der Waals surface area contributed by atoms with Gasteiger partial charge in [-0.1, -0.05) is 0 Å². The molecule has 1 unspecified atom stereocenters. The van der Waals surface area contributed by atoms with Gasteiger partial charge >= 0.3 is 0 Å². The number of rotatable bonds is 0. The molecule has 0 bridgehead atoms. The van der Waals surface area contributed by atoms with Gasteiger partial charge in [-0.3, -0.25) is 0 Å². The second kappa shape index (κ2) is 2.88. The molecule has 1 nitrogen and oxygen atoms in total. The highest BCUT2D eigenvalue weighted by atomic mass is 35.5. The minimum Gasteiger partial charge on any atom is -0.314 e. The standard InChI is InChI=1S/C6H10FNS.ClH/c7-5-1-6(9-2-5)3-8-4-6;/h5,8H,1-4H2;1H. The Morgan fingerprint density at radius 3 is 2.40 bits per heavy atom. The van der Waals surface area contributed by atoms with Gasteiger partial charge in [0.1, 0.15) is 6.17 Å². The van der Waals surface area contributed by atoms with Crippen molar-refractivity contribution in [1.29, 1.82) is 0 Å². The van der Waals surface area contributed by atoms with Gasteiger partial charge in [0, 0.05) is 23.6 Å². The number of nitrogens with one attached hydrogen (secondary N) is 1. The van der Waals surface area contributed by atoms with E-state index >= 15 is 0 Å². The molecule has 2 fully saturated rings. The highest BCUT2D eigenvalue weighted by Gasteiger charge is 2.44. The van der Waals surface area contributed by atoms with Gasteiger partial charge in [-0.15, -0.1) is 24.2 Å². The molecular weight excluding hydrogens is 173 g/mol. The Morgan fingerprint density at radius 2 is 2.20 bits per heavy atom. The number of hydrogen-bond donors (Lipinski definition) is 1. The molecule has 0 aromatic carbocycles. The van der Waals surface area contributed by atoms with Crippen molar-refractivity contribution in [1.82, 2.24) is 5.32 Å². The van der Waals surface area contributed by atoms with Crippen LogP contribution in [0, 0.1) is 0 Å². The molecule has 0 aromatic rings. The van der Waals surface area contributed by atoms with Gasteiger partial charge < -0.3 is 5.32 Å². The molecule has 2 aliphatic rings. The molecule has 0 radical (unpaired) electrons. The minimum absolute atomic E-state index is 0. The van der Waals surface area contributed by atoms with E-state index in [0.29, 0.717) is 4.75 Å². The van der Waals surface area contributed by atoms with Crippen molar-refractivity contribution in [3.05, 3.63) is 0 Å². The van der Waals surface area contributed by atoms with E-state index < -0.39 is 6.17 Å². The molecule has 4 heteroatoms. The van der Waals surface area contributed by atoms with Gasteiger partial charge in [0.2, 0.25) is 0 Å². The molecule has 2 saturated heterocycles. The molecule has 10 heavy (non-hydrogen) atoms. The molecule has 1 spiro atoms. The van der Waals surface area contributed by atoms with Gasteiger partial charge in [0.15, 0.2) is 0 Å². The maximum atomic E-state index is 12.6. The minimum atomic E-state index is -0.530. The van der Waals surface area contributed by atoms with E-state index in [4.69, 9.17) is 0 Å². The zero-order valence-electron chi connectivity index (χ0n) is 5.60. The summed E-state index contributed by atoms with van der Waals surface area (Å²) in [6.45, 7) is 2.05. The van der Waals surface area contributed by atoms with Crippen LogP contribution in [0.1, 0.15) is 6.42 Å². The lowest BCUT2D eigenvalue weighted by molar-refractivity contribution is 0.285. The average Bonchev–Trinajstić information content (AvgIpc) is 2.09. The SMILES string of the molecule is Cl.FC1CSC2(CNC2)C1. The molecule has 2 rings (SSSR count). The van der Waals surface area contributed by atoms with Crippen LogP contribution in [-0.4, -0.2) is 29.8 Å². The highest BCUT2D eigenvalue weighted by molar-refractivity contribution is 8.01. The van der Waals surface area contributed by atoms with Gasteiger partial charge in [-0.2, -0.15) is 0 Å². The van der Waals surface area contributed by atoms with Crippen molar-refractivity contribution in [3.8, 4) is 0 Å². The number of thioether (sulfide) groups is 1. The Labute approximate surface area is 70.5 Å². The zero-order valence-corrected chi connectivity index (χ0v) is 7.23. The fourth-order valence-corrected chi connectivity index (χ4v) is 2.80. The molecule has 1 atom stereocenters. The summed E-state index contributed by atoms with van der Waals surface area (Å²) in [5.74, 6) is 0.724. The molecule has 2 aliphatic heterocycles. The zero-order chi connectivity index (χ0) is 6.32. The van der Waals surface area contributed by atoms with E-state index in [0.717, 1.165) is 25.3 Å². The van der Waals surface area contributed by atoms with Crippen LogP contribution in [0.2, 0.25) is 0 Å². The first-order valence-electron chi connectivity index (χ1n) is 3.30. The second-order valence-electron chi connectivity index (χ2n) is 2.90. The van der Waals surface area contributed by atoms with Crippen LogP contribution < -0.4 is 5.32 Å². The van der Waals surface area contributed by atoms with Crippen molar-refractivity contribution in [2.45, 2.75) is 17.3 Å². The number of halogens is 2. The predicted octanol–water partition coefficient (Wildman–Crippen LogP) is 1.23. The van der Waals surface area contributed by atoms with Crippen LogP contribution in [0.5, 0.6) is 0 Å². The maximum absolute atomic E-state index is 12.6. The molecule has 0 amide bonds. The second-order valence-corrected chi connectivity index (χ2v) is 4.39. The van der Waals surface area contributed by atoms with Crippen LogP contribution in [0.3, 0.4) is 0 Å². The lowest BCUT2D eigenvalue weighted by Crippen LogP contribution is -2.55. The van der Waals surface area contributed by atoms with Crippen LogP contribution in [0.15, 0.2) is 0 Å². The molecule has 60 valence electrons. The van der Waals surface area contributed by atoms with Crippen molar-refractivity contribution < 1.29 is 4.39 Å². The van der Waals surface area contributed by atoms with Crippen molar-refractivity contribution >= 4 is 24.2 Å². The molecule has 1 N–H and O–H groups in total. The summed E-state index contributed by atoms with van der Waals surface area (Å²) in [6.07, 6.45) is 0.252. The fourth-order valence-electron chi connectivity index (χ4n) is 1.44. The van der Waals surface area contributed by atoms with E-state index in [1.54, 1.807) is 11.8 Å². The van der Waals surface area contributed by atoms with Crippen molar-refractivity contribution in [2.24, 2.45) is 0 Å². The first kappa shape index (κ1) is 8.62. The monoisotopic (exact) mass is 183 g/mol. The van der Waals surface area contributed by atoms with E-state index in [2.05, 4.69) is 5.32 Å². The predicted molar refractivity (Wildman–Crippen MR) is 44.8 cm³/mol. The van der Waals surface area contributed by atoms with Crippen molar-refractivity contribution in [2.75, 3.05) is 18.8 Å². The summed E-state index contributed by atoms with van der Waals surface area (Å²) in [5.41, 5.74) is 0. The summed E-state index contributed by atoms with van der Waals surface area (Å²) >= 11 is 1.80. The Balaban J connectivity index is 0.000000500. The molecule has 0 aromatic heterocycles. The third kappa shape index (κ3) is 1.27. The number of hydrogen-bond acceptors (Lipinski definition) is 2. The Kier molecular flexibility index (Phi) is 2.48. The summed E-state index contributed by atoms with van der Waals surface area (Å²) in [4.78, 5) is 0. The Morgan fingerprint density at radius 1 is 1.50 bits per heavy atom. The summed E-state index contributed by atoms with van der Waals surface area (Å²) in [5, 5.41) is 3.18. The third-order valence-corrected chi connectivity index (χ3v) is 3.65. The average molecular weight is 184 g/mol. The van der Waals surface area contributed by atoms with Crippen molar-refractivity contribution in [3.63, 3.8) is 0 Å². The summed E-state index contributed by atoms with van der Waals surface area (Å²) < 4.78 is 12.9. The third-order valence-electron chi connectivity index (χ3n) is 2.06. The Hall–Kier alpha value is 0.530. The smallest absolute Gasteiger partial charge is 0.111 e. The molecular formula is C6H11ClFNS. The van der Waals surface area contributed by atoms with E-state index in [1.807, 2.05) is 0 Å². The lowest BCUT2D eigenvalue weighted by atomic mass is 9.96. The topological polar surface area (TPSA) is 12.0 Å². The maximum Gasteiger partial charge on any atom is 0.111 e. The summed E-state index contributed by atoms with van der Waals surface area (Å²) in [6, 6.07) is 0. The summed E-state index contributed by atoms with van der Waals surface area (Å²) in [7, 11) is 0. The lowest BCUT2D eigenvalue weighted by Gasteiger charge is -2.37. The van der Waals surface area contributed by atoms with E-state index in [1.165, 1.54) is 0 Å². The molecule has 2 heterocycles. The fraction of sp³-hybridized carbons (Fsp3) is 1.00. The molecule has 0 saturated carbocycles. The number of alkyl halides is 1. The highest BCUT2D eigenvalue weighted by Crippen LogP contribution is 2.42. The van der Waals surface area contributed by atoms with Gasteiger partial charge in [-0.25, -0.2) is 4.39 Å². The first-order chi connectivity index (χ1) is 4.31.